The Hall–Kier alpha value is -1.89. The average Bonchev–Trinajstić information content (AvgIpc) is 3.17. The first-order chi connectivity index (χ1) is 13.1. The van der Waals surface area contributed by atoms with Crippen LogP contribution in [0.4, 0.5) is 0 Å². The van der Waals surface area contributed by atoms with Gasteiger partial charge in [0.15, 0.2) is 0 Å². The average molecular weight is 387 g/mol. The van der Waals surface area contributed by atoms with E-state index in [0.29, 0.717) is 18.0 Å². The first-order valence-corrected chi connectivity index (χ1v) is 11.0. The molecule has 27 heavy (non-hydrogen) atoms. The summed E-state index contributed by atoms with van der Waals surface area (Å²) in [4.78, 5) is 2.75. The number of hydrogen-bond acceptors (Lipinski definition) is 4. The first kappa shape index (κ1) is 18.5. The van der Waals surface area contributed by atoms with E-state index < -0.39 is 10.0 Å². The molecule has 0 unspecified atom stereocenters. The number of rotatable bonds is 5. The van der Waals surface area contributed by atoms with E-state index in [9.17, 15) is 8.42 Å². The minimum atomic E-state index is -3.40. The van der Waals surface area contributed by atoms with Gasteiger partial charge in [0.25, 0.3) is 0 Å². The van der Waals surface area contributed by atoms with Crippen molar-refractivity contribution in [1.82, 2.24) is 9.21 Å². The van der Waals surface area contributed by atoms with Crippen molar-refractivity contribution in [3.05, 3.63) is 59.2 Å². The van der Waals surface area contributed by atoms with Crippen molar-refractivity contribution in [2.75, 3.05) is 33.3 Å². The van der Waals surface area contributed by atoms with E-state index in [1.54, 1.807) is 17.5 Å². The van der Waals surface area contributed by atoms with Gasteiger partial charge in [-0.15, -0.1) is 0 Å². The van der Waals surface area contributed by atoms with Crippen LogP contribution in [0.3, 0.4) is 0 Å². The zero-order chi connectivity index (χ0) is 18.9. The lowest BCUT2D eigenvalue weighted by molar-refractivity contribution is 0.181. The number of hydrogen-bond donors (Lipinski definition) is 0. The second kappa shape index (κ2) is 7.62. The Bertz CT molecular complexity index is 902. The second-order valence-corrected chi connectivity index (χ2v) is 9.25. The standard InChI is InChI=1S/C21H26N2O3S/c1-26-20-8-5-17(6-9-20)16-22-11-13-23(14-12-22)27(24,25)21-10-7-18-3-2-4-19(18)15-21/h5-10,15H,2-4,11-14,16H2,1H3. The Morgan fingerprint density at radius 1 is 0.926 bits per heavy atom. The summed E-state index contributed by atoms with van der Waals surface area (Å²) in [6.07, 6.45) is 3.19. The minimum Gasteiger partial charge on any atom is -0.497 e. The Morgan fingerprint density at radius 2 is 1.63 bits per heavy atom. The molecule has 0 amide bonds. The molecule has 1 aliphatic heterocycles. The third-order valence-corrected chi connectivity index (χ3v) is 7.50. The van der Waals surface area contributed by atoms with Crippen LogP contribution in [0.25, 0.3) is 0 Å². The summed E-state index contributed by atoms with van der Waals surface area (Å²) >= 11 is 0. The highest BCUT2D eigenvalue weighted by Gasteiger charge is 2.29. The molecule has 6 heteroatoms. The van der Waals surface area contributed by atoms with Crippen LogP contribution in [-0.2, 0) is 29.4 Å². The number of fused-ring (bicyclic) bond motifs is 1. The molecule has 144 valence electrons. The van der Waals surface area contributed by atoms with Crippen molar-refractivity contribution in [3.63, 3.8) is 0 Å². The molecule has 0 atom stereocenters. The SMILES string of the molecule is COc1ccc(CN2CCN(S(=O)(=O)c3ccc4c(c3)CCC4)CC2)cc1. The Kier molecular flexibility index (Phi) is 5.21. The van der Waals surface area contributed by atoms with E-state index in [1.807, 2.05) is 24.3 Å². The molecule has 1 fully saturated rings. The summed E-state index contributed by atoms with van der Waals surface area (Å²) in [6.45, 7) is 3.40. The molecular formula is C21H26N2O3S. The van der Waals surface area contributed by atoms with Crippen molar-refractivity contribution < 1.29 is 13.2 Å². The number of sulfonamides is 1. The van der Waals surface area contributed by atoms with Gasteiger partial charge in [-0.3, -0.25) is 4.90 Å². The molecule has 4 rings (SSSR count). The lowest BCUT2D eigenvalue weighted by Gasteiger charge is -2.34. The normalized spacial score (nSPS) is 18.4. The highest BCUT2D eigenvalue weighted by atomic mass is 32.2. The lowest BCUT2D eigenvalue weighted by atomic mass is 10.1. The predicted octanol–water partition coefficient (Wildman–Crippen LogP) is 2.69. The first-order valence-electron chi connectivity index (χ1n) is 9.53. The van der Waals surface area contributed by atoms with Crippen LogP contribution in [0.1, 0.15) is 23.1 Å². The third kappa shape index (κ3) is 3.88. The fraction of sp³-hybridized carbons (Fsp3) is 0.429. The molecule has 0 saturated carbocycles. The monoisotopic (exact) mass is 386 g/mol. The summed E-state index contributed by atoms with van der Waals surface area (Å²) in [5.74, 6) is 0.851. The topological polar surface area (TPSA) is 49.9 Å². The van der Waals surface area contributed by atoms with E-state index in [1.165, 1.54) is 16.7 Å². The largest absolute Gasteiger partial charge is 0.497 e. The maximum absolute atomic E-state index is 13.0. The second-order valence-electron chi connectivity index (χ2n) is 7.31. The van der Waals surface area contributed by atoms with Gasteiger partial charge in [-0.05, 0) is 60.2 Å². The Balaban J connectivity index is 1.39. The van der Waals surface area contributed by atoms with Crippen molar-refractivity contribution >= 4 is 10.0 Å². The number of benzene rings is 2. The molecule has 0 N–H and O–H groups in total. The summed E-state index contributed by atoms with van der Waals surface area (Å²) in [6, 6.07) is 13.7. The van der Waals surface area contributed by atoms with Crippen LogP contribution < -0.4 is 4.74 Å². The molecule has 0 spiro atoms. The fourth-order valence-corrected chi connectivity index (χ4v) is 5.45. The molecule has 5 nitrogen and oxygen atoms in total. The molecule has 2 aromatic carbocycles. The van der Waals surface area contributed by atoms with E-state index >= 15 is 0 Å². The molecule has 0 radical (unpaired) electrons. The zero-order valence-electron chi connectivity index (χ0n) is 15.7. The molecule has 1 saturated heterocycles. The molecular weight excluding hydrogens is 360 g/mol. The summed E-state index contributed by atoms with van der Waals surface area (Å²) < 4.78 is 32.9. The molecule has 2 aromatic rings. The van der Waals surface area contributed by atoms with Gasteiger partial charge in [0.1, 0.15) is 5.75 Å². The van der Waals surface area contributed by atoms with Crippen LogP contribution >= 0.6 is 0 Å². The van der Waals surface area contributed by atoms with Crippen LogP contribution in [0, 0.1) is 0 Å². The van der Waals surface area contributed by atoms with Crippen molar-refractivity contribution in [1.29, 1.82) is 0 Å². The van der Waals surface area contributed by atoms with E-state index in [2.05, 4.69) is 17.0 Å². The maximum atomic E-state index is 13.0. The van der Waals surface area contributed by atoms with Crippen molar-refractivity contribution in [3.8, 4) is 5.75 Å². The van der Waals surface area contributed by atoms with Gasteiger partial charge in [-0.1, -0.05) is 18.2 Å². The van der Waals surface area contributed by atoms with E-state index in [-0.39, 0.29) is 0 Å². The van der Waals surface area contributed by atoms with Crippen molar-refractivity contribution in [2.24, 2.45) is 0 Å². The predicted molar refractivity (Wildman–Crippen MR) is 105 cm³/mol. The third-order valence-electron chi connectivity index (χ3n) is 5.60. The van der Waals surface area contributed by atoms with Gasteiger partial charge in [0, 0.05) is 32.7 Å². The number of piperazine rings is 1. The molecule has 2 aliphatic rings. The summed E-state index contributed by atoms with van der Waals surface area (Å²) in [5.41, 5.74) is 3.72. The zero-order valence-corrected chi connectivity index (χ0v) is 16.5. The molecule has 0 aromatic heterocycles. The van der Waals surface area contributed by atoms with Gasteiger partial charge in [-0.2, -0.15) is 4.31 Å². The summed E-state index contributed by atoms with van der Waals surface area (Å²) in [7, 11) is -1.74. The molecule has 1 aliphatic carbocycles. The Morgan fingerprint density at radius 3 is 2.33 bits per heavy atom. The lowest BCUT2D eigenvalue weighted by Crippen LogP contribution is -2.48. The van der Waals surface area contributed by atoms with Crippen LogP contribution in [-0.4, -0.2) is 50.9 Å². The van der Waals surface area contributed by atoms with Gasteiger partial charge < -0.3 is 4.74 Å². The van der Waals surface area contributed by atoms with E-state index in [4.69, 9.17) is 4.74 Å². The van der Waals surface area contributed by atoms with Gasteiger partial charge in [-0.25, -0.2) is 8.42 Å². The fourth-order valence-electron chi connectivity index (χ4n) is 3.97. The molecule has 0 bridgehead atoms. The number of methoxy groups -OCH3 is 1. The number of nitrogens with zero attached hydrogens (tertiary/aromatic N) is 2. The summed E-state index contributed by atoms with van der Waals surface area (Å²) in [5, 5.41) is 0. The maximum Gasteiger partial charge on any atom is 0.243 e. The van der Waals surface area contributed by atoms with Gasteiger partial charge >= 0.3 is 0 Å². The van der Waals surface area contributed by atoms with Crippen LogP contribution in [0.5, 0.6) is 5.75 Å². The Labute approximate surface area is 161 Å². The van der Waals surface area contributed by atoms with Crippen LogP contribution in [0.2, 0.25) is 0 Å². The number of ether oxygens (including phenoxy) is 1. The van der Waals surface area contributed by atoms with Gasteiger partial charge in [0.2, 0.25) is 10.0 Å². The van der Waals surface area contributed by atoms with Crippen molar-refractivity contribution in [2.45, 2.75) is 30.7 Å². The minimum absolute atomic E-state index is 0.451. The van der Waals surface area contributed by atoms with Crippen LogP contribution in [0.15, 0.2) is 47.4 Å². The highest BCUT2D eigenvalue weighted by molar-refractivity contribution is 7.89. The highest BCUT2D eigenvalue weighted by Crippen LogP contribution is 2.27. The smallest absolute Gasteiger partial charge is 0.243 e. The van der Waals surface area contributed by atoms with Gasteiger partial charge in [0.05, 0.1) is 12.0 Å². The van der Waals surface area contributed by atoms with E-state index in [0.717, 1.165) is 44.6 Å². The quantitative estimate of drug-likeness (QED) is 0.793. The molecule has 1 heterocycles. The number of aryl methyl sites for hydroxylation is 2.